The summed E-state index contributed by atoms with van der Waals surface area (Å²) < 4.78 is 3.00. The quantitative estimate of drug-likeness (QED) is 0.719. The maximum atomic E-state index is 4.39. The Balaban J connectivity index is 1.86. The van der Waals surface area contributed by atoms with E-state index < -0.39 is 0 Å². The first-order valence-corrected chi connectivity index (χ1v) is 6.15. The molecule has 0 radical (unpaired) electrons. The average molecular weight is 249 g/mol. The van der Waals surface area contributed by atoms with Gasteiger partial charge in [-0.15, -0.1) is 0 Å². The summed E-state index contributed by atoms with van der Waals surface area (Å²) in [5.41, 5.74) is 0.894. The van der Waals surface area contributed by atoms with Gasteiger partial charge in [0, 0.05) is 25.3 Å². The normalized spacial score (nSPS) is 23.6. The maximum absolute atomic E-state index is 4.39. The minimum Gasteiger partial charge on any atom is -0.356 e. The number of rotatable bonds is 3. The first-order valence-electron chi connectivity index (χ1n) is 5.70. The highest BCUT2D eigenvalue weighted by molar-refractivity contribution is 7.78. The maximum Gasteiger partial charge on any atom is 0.142 e. The standard InChI is InChI=1S/C11H15N5S/c1-16(8-4-7(5-8)15-17)11-9-2-3-12-10(9)13-6-14-11/h2-3,6-8,15,17H,4-5H2,1H3,(H,12,13,14)/t7-,8+. The van der Waals surface area contributed by atoms with Crippen molar-refractivity contribution in [3.05, 3.63) is 18.6 Å². The molecule has 1 aliphatic rings. The van der Waals surface area contributed by atoms with Gasteiger partial charge in [-0.1, -0.05) is 12.8 Å². The molecule has 0 saturated heterocycles. The largest absolute Gasteiger partial charge is 0.356 e. The van der Waals surface area contributed by atoms with E-state index >= 15 is 0 Å². The predicted molar refractivity (Wildman–Crippen MR) is 71.2 cm³/mol. The van der Waals surface area contributed by atoms with Crippen LogP contribution < -0.4 is 9.62 Å². The molecule has 2 aromatic heterocycles. The number of hydrogen-bond donors (Lipinski definition) is 3. The van der Waals surface area contributed by atoms with Crippen LogP contribution in [0.1, 0.15) is 12.8 Å². The molecule has 2 aromatic rings. The summed E-state index contributed by atoms with van der Waals surface area (Å²) in [5.74, 6) is 0.999. The van der Waals surface area contributed by atoms with E-state index in [4.69, 9.17) is 0 Å². The highest BCUT2D eigenvalue weighted by Gasteiger charge is 2.32. The molecule has 2 heterocycles. The van der Waals surface area contributed by atoms with Crippen LogP contribution in [0.3, 0.4) is 0 Å². The molecule has 2 N–H and O–H groups in total. The summed E-state index contributed by atoms with van der Waals surface area (Å²) in [6.07, 6.45) is 5.72. The van der Waals surface area contributed by atoms with Gasteiger partial charge in [-0.05, 0) is 18.9 Å². The molecule has 0 amide bonds. The van der Waals surface area contributed by atoms with E-state index in [1.807, 2.05) is 12.3 Å². The molecule has 0 spiro atoms. The molecule has 1 saturated carbocycles. The van der Waals surface area contributed by atoms with Crippen LogP contribution in [0.5, 0.6) is 0 Å². The van der Waals surface area contributed by atoms with E-state index in [-0.39, 0.29) is 0 Å². The summed E-state index contributed by atoms with van der Waals surface area (Å²) in [6.45, 7) is 0. The molecule has 0 bridgehead atoms. The SMILES string of the molecule is CN(c1ncnc2[nH]ccc12)[C@H]1C[C@@H](NS)C1. The van der Waals surface area contributed by atoms with E-state index in [9.17, 15) is 0 Å². The summed E-state index contributed by atoms with van der Waals surface area (Å²) in [6, 6.07) is 3.08. The zero-order valence-electron chi connectivity index (χ0n) is 9.59. The number of thiol groups is 1. The first kappa shape index (κ1) is 10.9. The fraction of sp³-hybridized carbons (Fsp3) is 0.455. The van der Waals surface area contributed by atoms with Crippen LogP contribution in [-0.4, -0.2) is 34.1 Å². The van der Waals surface area contributed by atoms with Crippen molar-refractivity contribution in [2.45, 2.75) is 24.9 Å². The summed E-state index contributed by atoms with van der Waals surface area (Å²) in [4.78, 5) is 13.9. The van der Waals surface area contributed by atoms with Crippen molar-refractivity contribution in [3.8, 4) is 0 Å². The molecular formula is C11H15N5S. The van der Waals surface area contributed by atoms with Crippen LogP contribution in [0.25, 0.3) is 11.0 Å². The second-order valence-electron chi connectivity index (χ2n) is 4.50. The predicted octanol–water partition coefficient (Wildman–Crippen LogP) is 1.36. The summed E-state index contributed by atoms with van der Waals surface area (Å²) >= 11 is 4.09. The highest BCUT2D eigenvalue weighted by Crippen LogP contribution is 2.30. The van der Waals surface area contributed by atoms with Crippen molar-refractivity contribution in [3.63, 3.8) is 0 Å². The van der Waals surface area contributed by atoms with Crippen LogP contribution in [0.4, 0.5) is 5.82 Å². The zero-order chi connectivity index (χ0) is 11.8. The van der Waals surface area contributed by atoms with E-state index in [1.165, 1.54) is 0 Å². The van der Waals surface area contributed by atoms with Gasteiger partial charge in [-0.3, -0.25) is 4.72 Å². The van der Waals surface area contributed by atoms with Crippen LogP contribution in [0, 0.1) is 0 Å². The van der Waals surface area contributed by atoms with Crippen LogP contribution >= 0.6 is 12.8 Å². The Hall–Kier alpha value is -1.27. The van der Waals surface area contributed by atoms with Crippen LogP contribution in [0.2, 0.25) is 0 Å². The van der Waals surface area contributed by atoms with Gasteiger partial charge in [-0.2, -0.15) is 0 Å². The molecule has 0 unspecified atom stereocenters. The number of aromatic amines is 1. The average Bonchev–Trinajstić information content (AvgIpc) is 2.74. The molecule has 17 heavy (non-hydrogen) atoms. The van der Waals surface area contributed by atoms with Crippen molar-refractivity contribution in [1.29, 1.82) is 0 Å². The minimum absolute atomic E-state index is 0.523. The molecule has 0 aliphatic heterocycles. The van der Waals surface area contributed by atoms with Gasteiger partial charge in [0.1, 0.15) is 17.8 Å². The molecule has 1 fully saturated rings. The Bertz CT molecular complexity index is 519. The monoisotopic (exact) mass is 249 g/mol. The van der Waals surface area contributed by atoms with Gasteiger partial charge >= 0.3 is 0 Å². The zero-order valence-corrected chi connectivity index (χ0v) is 10.5. The third kappa shape index (κ3) is 1.77. The third-order valence-corrected chi connectivity index (χ3v) is 3.88. The van der Waals surface area contributed by atoms with Crippen molar-refractivity contribution in [1.82, 2.24) is 19.7 Å². The molecule has 6 heteroatoms. The molecule has 0 atom stereocenters. The molecule has 5 nitrogen and oxygen atoms in total. The lowest BCUT2D eigenvalue weighted by Crippen LogP contribution is -2.49. The molecule has 0 aromatic carbocycles. The van der Waals surface area contributed by atoms with Crippen molar-refractivity contribution < 1.29 is 0 Å². The number of anilines is 1. The molecular weight excluding hydrogens is 234 g/mol. The smallest absolute Gasteiger partial charge is 0.142 e. The van der Waals surface area contributed by atoms with E-state index in [0.29, 0.717) is 12.1 Å². The third-order valence-electron chi connectivity index (χ3n) is 3.51. The Morgan fingerprint density at radius 3 is 3.06 bits per heavy atom. The Morgan fingerprint density at radius 2 is 2.29 bits per heavy atom. The van der Waals surface area contributed by atoms with Crippen molar-refractivity contribution in [2.24, 2.45) is 0 Å². The van der Waals surface area contributed by atoms with E-state index in [0.717, 1.165) is 29.7 Å². The lowest BCUT2D eigenvalue weighted by Gasteiger charge is -2.41. The van der Waals surface area contributed by atoms with Crippen molar-refractivity contribution >= 4 is 29.7 Å². The topological polar surface area (TPSA) is 56.8 Å². The fourth-order valence-corrected chi connectivity index (χ4v) is 2.53. The Labute approximate surface area is 105 Å². The Kier molecular flexibility index (Phi) is 2.68. The number of nitrogens with one attached hydrogen (secondary N) is 2. The molecule has 3 rings (SSSR count). The van der Waals surface area contributed by atoms with Gasteiger partial charge in [0.2, 0.25) is 0 Å². The van der Waals surface area contributed by atoms with Gasteiger partial charge < -0.3 is 9.88 Å². The number of H-pyrrole nitrogens is 1. The number of fused-ring (bicyclic) bond motifs is 1. The van der Waals surface area contributed by atoms with Crippen LogP contribution in [-0.2, 0) is 0 Å². The molecule has 1 aliphatic carbocycles. The van der Waals surface area contributed by atoms with E-state index in [1.54, 1.807) is 6.33 Å². The summed E-state index contributed by atoms with van der Waals surface area (Å²) in [7, 11) is 2.09. The van der Waals surface area contributed by atoms with Gasteiger partial charge in [0.15, 0.2) is 0 Å². The highest BCUT2D eigenvalue weighted by atomic mass is 32.1. The first-order chi connectivity index (χ1) is 8.29. The Morgan fingerprint density at radius 1 is 1.47 bits per heavy atom. The molecule has 90 valence electrons. The van der Waals surface area contributed by atoms with Gasteiger partial charge in [-0.25, -0.2) is 9.97 Å². The second-order valence-corrected chi connectivity index (χ2v) is 4.76. The lowest BCUT2D eigenvalue weighted by molar-refractivity contribution is 0.323. The van der Waals surface area contributed by atoms with Crippen LogP contribution in [0.15, 0.2) is 18.6 Å². The second kappa shape index (κ2) is 4.19. The van der Waals surface area contributed by atoms with Gasteiger partial charge in [0.25, 0.3) is 0 Å². The number of hydrogen-bond acceptors (Lipinski definition) is 5. The lowest BCUT2D eigenvalue weighted by atomic mass is 9.86. The summed E-state index contributed by atoms with van der Waals surface area (Å²) in [5, 5.41) is 1.08. The minimum atomic E-state index is 0.523. The van der Waals surface area contributed by atoms with Crippen molar-refractivity contribution in [2.75, 3.05) is 11.9 Å². The number of aromatic nitrogens is 3. The van der Waals surface area contributed by atoms with E-state index in [2.05, 4.69) is 44.4 Å². The fourth-order valence-electron chi connectivity index (χ4n) is 2.32. The van der Waals surface area contributed by atoms with Gasteiger partial charge in [0.05, 0.1) is 5.39 Å². The number of nitrogens with zero attached hydrogens (tertiary/aromatic N) is 3.